The Kier molecular flexibility index (Phi) is 3.65. The topological polar surface area (TPSA) is 46.3 Å². The molecule has 0 unspecified atom stereocenters. The number of nitrogens with zero attached hydrogens (tertiary/aromatic N) is 1. The lowest BCUT2D eigenvalue weighted by molar-refractivity contribution is 0.0735. The summed E-state index contributed by atoms with van der Waals surface area (Å²) in [5.41, 5.74) is 9.94. The molecule has 4 heteroatoms. The predicted octanol–water partition coefficient (Wildman–Crippen LogP) is 3.07. The van der Waals surface area contributed by atoms with Gasteiger partial charge in [0.2, 0.25) is 0 Å². The molecule has 0 aromatic heterocycles. The van der Waals surface area contributed by atoms with Crippen LogP contribution >= 0.6 is 22.6 Å². The zero-order chi connectivity index (χ0) is 14.1. The SMILES string of the molecule is Nc1cccc2c1CCN(C(=O)c1cccc(I)c1)C2. The van der Waals surface area contributed by atoms with Crippen molar-refractivity contribution in [2.75, 3.05) is 12.3 Å². The van der Waals surface area contributed by atoms with Gasteiger partial charge < -0.3 is 10.6 Å². The highest BCUT2D eigenvalue weighted by molar-refractivity contribution is 14.1. The first-order chi connectivity index (χ1) is 9.65. The molecule has 2 N–H and O–H groups in total. The van der Waals surface area contributed by atoms with Gasteiger partial charge in [0, 0.05) is 27.9 Å². The van der Waals surface area contributed by atoms with Crippen LogP contribution in [0.2, 0.25) is 0 Å². The van der Waals surface area contributed by atoms with Crippen LogP contribution in [-0.4, -0.2) is 17.4 Å². The summed E-state index contributed by atoms with van der Waals surface area (Å²) in [5.74, 6) is 0.0941. The Balaban J connectivity index is 1.85. The summed E-state index contributed by atoms with van der Waals surface area (Å²) < 4.78 is 1.08. The third-order valence-corrected chi connectivity index (χ3v) is 4.33. The molecule has 2 aromatic carbocycles. The van der Waals surface area contributed by atoms with Gasteiger partial charge in [-0.1, -0.05) is 18.2 Å². The number of hydrogen-bond acceptors (Lipinski definition) is 2. The van der Waals surface area contributed by atoms with Gasteiger partial charge in [-0.2, -0.15) is 0 Å². The Labute approximate surface area is 131 Å². The summed E-state index contributed by atoms with van der Waals surface area (Å²) >= 11 is 2.23. The third kappa shape index (κ3) is 2.52. The van der Waals surface area contributed by atoms with Crippen LogP contribution in [0.1, 0.15) is 21.5 Å². The van der Waals surface area contributed by atoms with Crippen LogP contribution in [0, 0.1) is 3.57 Å². The van der Waals surface area contributed by atoms with Crippen molar-refractivity contribution in [1.82, 2.24) is 4.90 Å². The van der Waals surface area contributed by atoms with E-state index in [0.29, 0.717) is 6.54 Å². The van der Waals surface area contributed by atoms with Gasteiger partial charge in [0.25, 0.3) is 5.91 Å². The van der Waals surface area contributed by atoms with Crippen LogP contribution < -0.4 is 5.73 Å². The van der Waals surface area contributed by atoms with Crippen molar-refractivity contribution < 1.29 is 4.79 Å². The second-order valence-electron chi connectivity index (χ2n) is 4.97. The second kappa shape index (κ2) is 5.44. The largest absolute Gasteiger partial charge is 0.398 e. The quantitative estimate of drug-likeness (QED) is 0.613. The summed E-state index contributed by atoms with van der Waals surface area (Å²) in [6, 6.07) is 13.6. The van der Waals surface area contributed by atoms with Crippen molar-refractivity contribution in [2.45, 2.75) is 13.0 Å². The van der Waals surface area contributed by atoms with Gasteiger partial charge in [-0.3, -0.25) is 4.79 Å². The number of nitrogens with two attached hydrogens (primary N) is 1. The highest BCUT2D eigenvalue weighted by atomic mass is 127. The predicted molar refractivity (Wildman–Crippen MR) is 88.5 cm³/mol. The number of benzene rings is 2. The zero-order valence-corrected chi connectivity index (χ0v) is 13.1. The minimum atomic E-state index is 0.0941. The lowest BCUT2D eigenvalue weighted by Gasteiger charge is -2.29. The summed E-state index contributed by atoms with van der Waals surface area (Å²) in [4.78, 5) is 14.4. The molecule has 0 bridgehead atoms. The molecule has 0 aliphatic carbocycles. The fraction of sp³-hybridized carbons (Fsp3) is 0.188. The van der Waals surface area contributed by atoms with E-state index in [2.05, 4.69) is 28.7 Å². The third-order valence-electron chi connectivity index (χ3n) is 3.66. The summed E-state index contributed by atoms with van der Waals surface area (Å²) in [6.45, 7) is 1.37. The number of rotatable bonds is 1. The monoisotopic (exact) mass is 378 g/mol. The lowest BCUT2D eigenvalue weighted by atomic mass is 9.97. The van der Waals surface area contributed by atoms with Crippen molar-refractivity contribution in [1.29, 1.82) is 0 Å². The van der Waals surface area contributed by atoms with E-state index in [0.717, 1.165) is 33.4 Å². The van der Waals surface area contributed by atoms with Crippen LogP contribution in [0.3, 0.4) is 0 Å². The molecule has 0 saturated heterocycles. The van der Waals surface area contributed by atoms with Crippen LogP contribution in [0.15, 0.2) is 42.5 Å². The maximum absolute atomic E-state index is 12.5. The first-order valence-corrected chi connectivity index (χ1v) is 7.64. The maximum atomic E-state index is 12.5. The Morgan fingerprint density at radius 2 is 2.00 bits per heavy atom. The number of carbonyl (C=O) groups is 1. The Morgan fingerprint density at radius 3 is 2.80 bits per heavy atom. The number of halogens is 1. The Bertz CT molecular complexity index is 669. The molecule has 0 atom stereocenters. The molecule has 1 heterocycles. The van der Waals surface area contributed by atoms with Gasteiger partial charge >= 0.3 is 0 Å². The molecule has 2 aromatic rings. The van der Waals surface area contributed by atoms with Gasteiger partial charge in [-0.05, 0) is 64.4 Å². The summed E-state index contributed by atoms with van der Waals surface area (Å²) in [6.07, 6.45) is 0.831. The molecule has 1 aliphatic rings. The number of hydrogen-bond donors (Lipinski definition) is 1. The molecule has 0 radical (unpaired) electrons. The first-order valence-electron chi connectivity index (χ1n) is 6.56. The zero-order valence-electron chi connectivity index (χ0n) is 11.0. The first kappa shape index (κ1) is 13.4. The van der Waals surface area contributed by atoms with Crippen molar-refractivity contribution in [3.8, 4) is 0 Å². The van der Waals surface area contributed by atoms with E-state index < -0.39 is 0 Å². The fourth-order valence-corrected chi connectivity index (χ4v) is 3.16. The highest BCUT2D eigenvalue weighted by Crippen LogP contribution is 2.25. The van der Waals surface area contributed by atoms with E-state index in [-0.39, 0.29) is 5.91 Å². The second-order valence-corrected chi connectivity index (χ2v) is 6.22. The highest BCUT2D eigenvalue weighted by Gasteiger charge is 2.22. The minimum absolute atomic E-state index is 0.0941. The molecule has 0 spiro atoms. The van der Waals surface area contributed by atoms with Crippen LogP contribution in [-0.2, 0) is 13.0 Å². The normalized spacial score (nSPS) is 13.9. The van der Waals surface area contributed by atoms with Crippen molar-refractivity contribution in [3.63, 3.8) is 0 Å². The maximum Gasteiger partial charge on any atom is 0.254 e. The number of carbonyl (C=O) groups excluding carboxylic acids is 1. The molecular formula is C16H15IN2O. The minimum Gasteiger partial charge on any atom is -0.398 e. The van der Waals surface area contributed by atoms with Crippen LogP contribution in [0.25, 0.3) is 0 Å². The van der Waals surface area contributed by atoms with Crippen molar-refractivity contribution in [3.05, 3.63) is 62.7 Å². The van der Waals surface area contributed by atoms with Crippen molar-refractivity contribution in [2.24, 2.45) is 0 Å². The lowest BCUT2D eigenvalue weighted by Crippen LogP contribution is -2.36. The average molecular weight is 378 g/mol. The van der Waals surface area contributed by atoms with E-state index in [9.17, 15) is 4.79 Å². The smallest absolute Gasteiger partial charge is 0.254 e. The van der Waals surface area contributed by atoms with Gasteiger partial charge in [-0.15, -0.1) is 0 Å². The molecule has 0 saturated carbocycles. The van der Waals surface area contributed by atoms with E-state index in [1.54, 1.807) is 0 Å². The molecular weight excluding hydrogens is 363 g/mol. The molecule has 3 nitrogen and oxygen atoms in total. The summed E-state index contributed by atoms with van der Waals surface area (Å²) in [7, 11) is 0. The average Bonchev–Trinajstić information content (AvgIpc) is 2.46. The standard InChI is InChI=1S/C16H15IN2O/c17-13-5-1-3-11(9-13)16(20)19-8-7-14-12(10-19)4-2-6-15(14)18/h1-6,9H,7-8,10,18H2. The van der Waals surface area contributed by atoms with E-state index in [1.807, 2.05) is 41.3 Å². The van der Waals surface area contributed by atoms with Gasteiger partial charge in [0.05, 0.1) is 0 Å². The van der Waals surface area contributed by atoms with Gasteiger partial charge in [-0.25, -0.2) is 0 Å². The Hall–Kier alpha value is -1.56. The van der Waals surface area contributed by atoms with E-state index in [4.69, 9.17) is 5.73 Å². The van der Waals surface area contributed by atoms with Crippen molar-refractivity contribution >= 4 is 34.2 Å². The molecule has 3 rings (SSSR count). The Morgan fingerprint density at radius 1 is 1.20 bits per heavy atom. The van der Waals surface area contributed by atoms with E-state index in [1.165, 1.54) is 5.56 Å². The molecule has 20 heavy (non-hydrogen) atoms. The molecule has 1 aliphatic heterocycles. The number of anilines is 1. The van der Waals surface area contributed by atoms with E-state index >= 15 is 0 Å². The van der Waals surface area contributed by atoms with Crippen LogP contribution in [0.4, 0.5) is 5.69 Å². The van der Waals surface area contributed by atoms with Gasteiger partial charge in [0.15, 0.2) is 0 Å². The fourth-order valence-electron chi connectivity index (χ4n) is 2.62. The van der Waals surface area contributed by atoms with Crippen LogP contribution in [0.5, 0.6) is 0 Å². The van der Waals surface area contributed by atoms with Gasteiger partial charge in [0.1, 0.15) is 0 Å². The molecule has 0 fully saturated rings. The summed E-state index contributed by atoms with van der Waals surface area (Å²) in [5, 5.41) is 0. The molecule has 1 amide bonds. The number of fused-ring (bicyclic) bond motifs is 1. The molecule has 102 valence electrons. The number of nitrogen functional groups attached to an aromatic ring is 1. The number of amides is 1.